The number of carbonyl (C=O) groups is 2. The fourth-order valence-electron chi connectivity index (χ4n) is 3.63. The molecular formula is C24H30N2O7S. The minimum Gasteiger partial charge on any atom is -0.494 e. The first-order valence-electron chi connectivity index (χ1n) is 11.0. The molecule has 1 fully saturated rings. The molecule has 2 aromatic rings. The van der Waals surface area contributed by atoms with Crippen LogP contribution in [0.1, 0.15) is 31.4 Å². The van der Waals surface area contributed by atoms with Gasteiger partial charge in [0.25, 0.3) is 5.91 Å². The molecule has 10 heteroatoms. The van der Waals surface area contributed by atoms with Gasteiger partial charge in [-0.25, -0.2) is 8.42 Å². The van der Waals surface area contributed by atoms with E-state index in [1.807, 2.05) is 13.8 Å². The summed E-state index contributed by atoms with van der Waals surface area (Å²) >= 11 is 0. The maximum atomic E-state index is 13.2. The first-order chi connectivity index (χ1) is 16.0. The minimum absolute atomic E-state index is 0.0313. The molecular weight excluding hydrogens is 460 g/mol. The fraction of sp³-hybridized carbons (Fsp3) is 0.417. The van der Waals surface area contributed by atoms with Crippen LogP contribution in [0.3, 0.4) is 0 Å². The van der Waals surface area contributed by atoms with Crippen LogP contribution in [-0.4, -0.2) is 61.1 Å². The number of carbonyl (C=O) groups excluding carboxylic acids is 2. The largest absolute Gasteiger partial charge is 0.494 e. The van der Waals surface area contributed by atoms with Gasteiger partial charge in [-0.3, -0.25) is 9.59 Å². The Morgan fingerprint density at radius 2 is 1.82 bits per heavy atom. The molecule has 184 valence electrons. The molecule has 1 amide bonds. The van der Waals surface area contributed by atoms with Gasteiger partial charge in [0.1, 0.15) is 11.8 Å². The molecule has 3 atom stereocenters. The van der Waals surface area contributed by atoms with Gasteiger partial charge in [0.2, 0.25) is 10.0 Å². The first-order valence-corrected chi connectivity index (χ1v) is 12.5. The average molecular weight is 491 g/mol. The standard InChI is InChI=1S/C24H30N2O7S/c1-5-32-20-9-7-18(8-10-20)25-23(28)17(4)33-24(29)22-13-19(27)14-26(22)34(30,31)21-11-6-15(2)16(3)12-21/h6-12,17,19,22,27H,5,13-14H2,1-4H3,(H,25,28)/t17?,19?,22-/m0/s1. The third kappa shape index (κ3) is 5.75. The van der Waals surface area contributed by atoms with Crippen LogP contribution in [-0.2, 0) is 24.3 Å². The average Bonchev–Trinajstić information content (AvgIpc) is 3.19. The van der Waals surface area contributed by atoms with Crippen molar-refractivity contribution in [3.05, 3.63) is 53.6 Å². The highest BCUT2D eigenvalue weighted by atomic mass is 32.2. The molecule has 1 heterocycles. The van der Waals surface area contributed by atoms with Crippen molar-refractivity contribution in [2.45, 2.75) is 57.3 Å². The number of benzene rings is 2. The molecule has 34 heavy (non-hydrogen) atoms. The quantitative estimate of drug-likeness (QED) is 0.545. The number of hydrogen-bond acceptors (Lipinski definition) is 7. The molecule has 2 aromatic carbocycles. The Labute approximate surface area is 199 Å². The number of aliphatic hydroxyl groups excluding tert-OH is 1. The van der Waals surface area contributed by atoms with Gasteiger partial charge in [-0.15, -0.1) is 0 Å². The number of amides is 1. The third-order valence-corrected chi connectivity index (χ3v) is 7.56. The van der Waals surface area contributed by atoms with E-state index in [2.05, 4.69) is 5.32 Å². The van der Waals surface area contributed by atoms with E-state index in [0.717, 1.165) is 15.4 Å². The van der Waals surface area contributed by atoms with Crippen molar-refractivity contribution >= 4 is 27.6 Å². The number of β-amino-alcohol motifs (C(OH)–C–C–N with tert-alkyl or cyclic N) is 1. The Morgan fingerprint density at radius 1 is 1.15 bits per heavy atom. The van der Waals surface area contributed by atoms with Crippen molar-refractivity contribution in [1.29, 1.82) is 0 Å². The summed E-state index contributed by atoms with van der Waals surface area (Å²) < 4.78 is 38.0. The lowest BCUT2D eigenvalue weighted by Gasteiger charge is -2.24. The Kier molecular flexibility index (Phi) is 7.96. The molecule has 1 aliphatic rings. The van der Waals surface area contributed by atoms with Gasteiger partial charge in [0.05, 0.1) is 17.6 Å². The molecule has 3 rings (SSSR count). The number of nitrogens with zero attached hydrogens (tertiary/aromatic N) is 1. The SMILES string of the molecule is CCOc1ccc(NC(=O)C(C)OC(=O)[C@@H]2CC(O)CN2S(=O)(=O)c2ccc(C)c(C)c2)cc1. The molecule has 0 aromatic heterocycles. The second-order valence-corrected chi connectivity index (χ2v) is 10.1. The van der Waals surface area contributed by atoms with E-state index < -0.39 is 40.1 Å². The van der Waals surface area contributed by atoms with Gasteiger partial charge in [-0.2, -0.15) is 4.31 Å². The Hall–Kier alpha value is -2.95. The van der Waals surface area contributed by atoms with Crippen molar-refractivity contribution < 1.29 is 32.6 Å². The van der Waals surface area contributed by atoms with E-state index in [1.165, 1.54) is 19.1 Å². The van der Waals surface area contributed by atoms with Gasteiger partial charge in [0.15, 0.2) is 6.10 Å². The molecule has 0 spiro atoms. The van der Waals surface area contributed by atoms with E-state index in [4.69, 9.17) is 9.47 Å². The van der Waals surface area contributed by atoms with Gasteiger partial charge < -0.3 is 19.9 Å². The summed E-state index contributed by atoms with van der Waals surface area (Å²) in [5, 5.41) is 12.8. The lowest BCUT2D eigenvalue weighted by molar-refractivity contribution is -0.156. The molecule has 0 aliphatic carbocycles. The molecule has 2 unspecified atom stereocenters. The van der Waals surface area contributed by atoms with Crippen LogP contribution < -0.4 is 10.1 Å². The van der Waals surface area contributed by atoms with Crippen LogP contribution in [0.4, 0.5) is 5.69 Å². The lowest BCUT2D eigenvalue weighted by Crippen LogP contribution is -2.43. The number of aryl methyl sites for hydroxylation is 2. The van der Waals surface area contributed by atoms with Crippen LogP contribution in [0.25, 0.3) is 0 Å². The zero-order valence-electron chi connectivity index (χ0n) is 19.6. The molecule has 9 nitrogen and oxygen atoms in total. The maximum absolute atomic E-state index is 13.2. The number of rotatable bonds is 8. The third-order valence-electron chi connectivity index (χ3n) is 5.69. The predicted molar refractivity (Wildman–Crippen MR) is 126 cm³/mol. The number of hydrogen-bond donors (Lipinski definition) is 2. The number of anilines is 1. The monoisotopic (exact) mass is 490 g/mol. The molecule has 0 saturated carbocycles. The van der Waals surface area contributed by atoms with Crippen LogP contribution in [0.15, 0.2) is 47.4 Å². The van der Waals surface area contributed by atoms with Crippen molar-refractivity contribution in [2.24, 2.45) is 0 Å². The van der Waals surface area contributed by atoms with E-state index in [1.54, 1.807) is 37.3 Å². The fourth-order valence-corrected chi connectivity index (χ4v) is 5.34. The molecule has 0 bridgehead atoms. The number of aliphatic hydroxyl groups is 1. The normalized spacial score (nSPS) is 19.4. The van der Waals surface area contributed by atoms with Gasteiger partial charge >= 0.3 is 5.97 Å². The van der Waals surface area contributed by atoms with Gasteiger partial charge in [-0.1, -0.05) is 6.07 Å². The molecule has 2 N–H and O–H groups in total. The summed E-state index contributed by atoms with van der Waals surface area (Å²) in [7, 11) is -4.06. The van der Waals surface area contributed by atoms with Crippen molar-refractivity contribution in [2.75, 3.05) is 18.5 Å². The van der Waals surface area contributed by atoms with Crippen molar-refractivity contribution in [3.63, 3.8) is 0 Å². The first kappa shape index (κ1) is 25.7. The van der Waals surface area contributed by atoms with Gasteiger partial charge in [-0.05, 0) is 75.2 Å². The summed E-state index contributed by atoms with van der Waals surface area (Å²) in [4.78, 5) is 25.4. The predicted octanol–water partition coefficient (Wildman–Crippen LogP) is 2.40. The number of ether oxygens (including phenoxy) is 2. The Bertz CT molecular complexity index is 1150. The summed E-state index contributed by atoms with van der Waals surface area (Å²) in [6, 6.07) is 10.2. The summed E-state index contributed by atoms with van der Waals surface area (Å²) in [5.74, 6) is -0.803. The maximum Gasteiger partial charge on any atom is 0.325 e. The van der Waals surface area contributed by atoms with E-state index in [9.17, 15) is 23.1 Å². The zero-order valence-corrected chi connectivity index (χ0v) is 20.5. The molecule has 0 radical (unpaired) electrons. The zero-order chi connectivity index (χ0) is 25.0. The van der Waals surface area contributed by atoms with Crippen LogP contribution in [0, 0.1) is 13.8 Å². The van der Waals surface area contributed by atoms with Gasteiger partial charge in [0, 0.05) is 18.7 Å². The molecule has 1 saturated heterocycles. The Balaban J connectivity index is 1.69. The highest BCUT2D eigenvalue weighted by Crippen LogP contribution is 2.28. The smallest absolute Gasteiger partial charge is 0.325 e. The van der Waals surface area contributed by atoms with Crippen LogP contribution in [0.2, 0.25) is 0 Å². The highest BCUT2D eigenvalue weighted by molar-refractivity contribution is 7.89. The van der Waals surface area contributed by atoms with Crippen molar-refractivity contribution in [1.82, 2.24) is 4.31 Å². The lowest BCUT2D eigenvalue weighted by atomic mass is 10.1. The van der Waals surface area contributed by atoms with Crippen LogP contribution in [0.5, 0.6) is 5.75 Å². The number of nitrogens with one attached hydrogen (secondary N) is 1. The summed E-state index contributed by atoms with van der Waals surface area (Å²) in [5.41, 5.74) is 2.22. The number of esters is 1. The second kappa shape index (κ2) is 10.5. The Morgan fingerprint density at radius 3 is 2.44 bits per heavy atom. The molecule has 1 aliphatic heterocycles. The van der Waals surface area contributed by atoms with E-state index >= 15 is 0 Å². The minimum atomic E-state index is -4.06. The van der Waals surface area contributed by atoms with Crippen molar-refractivity contribution in [3.8, 4) is 5.75 Å². The summed E-state index contributed by atoms with van der Waals surface area (Å²) in [6.07, 6.45) is -2.31. The highest BCUT2D eigenvalue weighted by Gasteiger charge is 2.45. The van der Waals surface area contributed by atoms with Crippen LogP contribution >= 0.6 is 0 Å². The topological polar surface area (TPSA) is 122 Å². The van der Waals surface area contributed by atoms with E-state index in [-0.39, 0.29) is 17.9 Å². The second-order valence-electron chi connectivity index (χ2n) is 8.25. The van der Waals surface area contributed by atoms with E-state index in [0.29, 0.717) is 18.0 Å². The number of sulfonamides is 1. The summed E-state index contributed by atoms with van der Waals surface area (Å²) in [6.45, 7) is 7.21.